The third kappa shape index (κ3) is 3.63. The first kappa shape index (κ1) is 19.3. The van der Waals surface area contributed by atoms with Crippen LogP contribution in [0.25, 0.3) is 4.96 Å². The van der Waals surface area contributed by atoms with Crippen molar-refractivity contribution in [2.45, 2.75) is 38.6 Å². The van der Waals surface area contributed by atoms with Crippen molar-refractivity contribution in [3.63, 3.8) is 0 Å². The van der Waals surface area contributed by atoms with E-state index in [0.29, 0.717) is 5.92 Å². The molecule has 1 aromatic carbocycles. The van der Waals surface area contributed by atoms with E-state index >= 15 is 0 Å². The van der Waals surface area contributed by atoms with Gasteiger partial charge in [-0.1, -0.05) is 48.6 Å². The molecular weight excluding hydrogens is 396 g/mol. The molecule has 0 spiro atoms. The van der Waals surface area contributed by atoms with Gasteiger partial charge in [-0.3, -0.25) is 0 Å². The van der Waals surface area contributed by atoms with Crippen molar-refractivity contribution < 1.29 is 14.4 Å². The molecule has 1 aliphatic heterocycles. The van der Waals surface area contributed by atoms with Crippen molar-refractivity contribution in [3.8, 4) is 5.88 Å². The SMILES string of the molecule is CCc1nc2sc([C@H](c3ccco3)[NH+]3CCC(Cc4ccccc4)CC3)c(O)n2n1. The number of aryl methyl sites for hydroxylation is 1. The quantitative estimate of drug-likeness (QED) is 0.499. The van der Waals surface area contributed by atoms with Crippen molar-refractivity contribution in [3.05, 3.63) is 70.8 Å². The van der Waals surface area contributed by atoms with Crippen molar-refractivity contribution >= 4 is 16.3 Å². The van der Waals surface area contributed by atoms with Crippen LogP contribution in [0, 0.1) is 5.92 Å². The lowest BCUT2D eigenvalue weighted by Crippen LogP contribution is -3.13. The highest BCUT2D eigenvalue weighted by atomic mass is 32.1. The van der Waals surface area contributed by atoms with Crippen molar-refractivity contribution in [1.29, 1.82) is 0 Å². The summed E-state index contributed by atoms with van der Waals surface area (Å²) in [5, 5.41) is 15.4. The second-order valence-electron chi connectivity index (χ2n) is 8.11. The molecule has 0 radical (unpaired) electrons. The van der Waals surface area contributed by atoms with Gasteiger partial charge in [-0.05, 0) is 42.9 Å². The summed E-state index contributed by atoms with van der Waals surface area (Å²) in [4.78, 5) is 7.62. The molecule has 0 aliphatic carbocycles. The lowest BCUT2D eigenvalue weighted by Gasteiger charge is -2.33. The van der Waals surface area contributed by atoms with Gasteiger partial charge in [0.15, 0.2) is 17.6 Å². The van der Waals surface area contributed by atoms with Gasteiger partial charge in [0.2, 0.25) is 10.8 Å². The van der Waals surface area contributed by atoms with Crippen LogP contribution in [0.5, 0.6) is 5.88 Å². The molecule has 0 amide bonds. The number of hydrogen-bond acceptors (Lipinski definition) is 5. The fourth-order valence-corrected chi connectivity index (χ4v) is 5.73. The van der Waals surface area contributed by atoms with E-state index < -0.39 is 0 Å². The molecule has 156 valence electrons. The van der Waals surface area contributed by atoms with Gasteiger partial charge < -0.3 is 14.4 Å². The van der Waals surface area contributed by atoms with E-state index in [-0.39, 0.29) is 11.9 Å². The van der Waals surface area contributed by atoms with Crippen LogP contribution in [0.2, 0.25) is 0 Å². The van der Waals surface area contributed by atoms with E-state index in [9.17, 15) is 5.11 Å². The van der Waals surface area contributed by atoms with Crippen LogP contribution in [0.4, 0.5) is 0 Å². The lowest BCUT2D eigenvalue weighted by molar-refractivity contribution is -0.932. The molecule has 0 saturated carbocycles. The van der Waals surface area contributed by atoms with Crippen molar-refractivity contribution in [1.82, 2.24) is 14.6 Å². The maximum atomic E-state index is 11.0. The second-order valence-corrected chi connectivity index (χ2v) is 9.11. The molecule has 1 aliphatic rings. The Kier molecular flexibility index (Phi) is 5.31. The van der Waals surface area contributed by atoms with Crippen LogP contribution in [0.15, 0.2) is 53.1 Å². The molecule has 4 aromatic rings. The topological polar surface area (TPSA) is 68.0 Å². The molecule has 7 heteroatoms. The zero-order valence-corrected chi connectivity index (χ0v) is 17.9. The first-order valence-corrected chi connectivity index (χ1v) is 11.5. The Hall–Kier alpha value is -2.64. The van der Waals surface area contributed by atoms with Crippen molar-refractivity contribution in [2.24, 2.45) is 5.92 Å². The van der Waals surface area contributed by atoms with E-state index in [1.165, 1.54) is 34.6 Å². The number of thiazole rings is 1. The molecule has 1 saturated heterocycles. The van der Waals surface area contributed by atoms with Gasteiger partial charge >= 0.3 is 0 Å². The molecule has 1 fully saturated rings. The standard InChI is InChI=1S/C23H26N4O2S/c1-2-19-24-23-27(25-19)22(28)21(30-23)20(18-9-6-14-29-18)26-12-10-17(11-13-26)15-16-7-4-3-5-8-16/h3-9,14,17,20,28H,2,10-13,15H2,1H3/p+1/t20-/m0/s1. The highest BCUT2D eigenvalue weighted by molar-refractivity contribution is 7.17. The van der Waals surface area contributed by atoms with Gasteiger partial charge in [-0.2, -0.15) is 4.52 Å². The van der Waals surface area contributed by atoms with E-state index in [1.807, 2.05) is 19.1 Å². The van der Waals surface area contributed by atoms with Crippen LogP contribution in [0.3, 0.4) is 0 Å². The summed E-state index contributed by atoms with van der Waals surface area (Å²) in [6.45, 7) is 4.12. The second kappa shape index (κ2) is 8.24. The summed E-state index contributed by atoms with van der Waals surface area (Å²) in [5.41, 5.74) is 1.42. The van der Waals surface area contributed by atoms with Crippen LogP contribution in [0.1, 0.15) is 47.8 Å². The summed E-state index contributed by atoms with van der Waals surface area (Å²) in [5.74, 6) is 2.55. The number of fused-ring (bicyclic) bond motifs is 1. The number of quaternary nitrogens is 1. The maximum absolute atomic E-state index is 11.0. The van der Waals surface area contributed by atoms with Gasteiger partial charge in [-0.15, -0.1) is 5.10 Å². The van der Waals surface area contributed by atoms with Gasteiger partial charge in [0, 0.05) is 6.42 Å². The van der Waals surface area contributed by atoms with Gasteiger partial charge in [0.05, 0.1) is 19.4 Å². The first-order chi connectivity index (χ1) is 14.7. The average Bonchev–Trinajstić information content (AvgIpc) is 3.50. The van der Waals surface area contributed by atoms with Crippen LogP contribution >= 0.6 is 11.3 Å². The number of likely N-dealkylation sites (tertiary alicyclic amines) is 1. The summed E-state index contributed by atoms with van der Waals surface area (Å²) < 4.78 is 7.40. The minimum absolute atomic E-state index is 0.0312. The number of rotatable bonds is 6. The molecule has 0 bridgehead atoms. The molecule has 2 N–H and O–H groups in total. The largest absolute Gasteiger partial charge is 0.492 e. The maximum Gasteiger partial charge on any atom is 0.235 e. The minimum Gasteiger partial charge on any atom is -0.492 e. The molecule has 3 aromatic heterocycles. The molecule has 5 rings (SSSR count). The Morgan fingerprint density at radius 2 is 2.00 bits per heavy atom. The van der Waals surface area contributed by atoms with E-state index in [4.69, 9.17) is 4.42 Å². The third-order valence-corrected chi connectivity index (χ3v) is 7.26. The van der Waals surface area contributed by atoms with E-state index in [2.05, 4.69) is 40.4 Å². The monoisotopic (exact) mass is 423 g/mol. The highest BCUT2D eigenvalue weighted by Gasteiger charge is 2.37. The van der Waals surface area contributed by atoms with Gasteiger partial charge in [0.25, 0.3) is 0 Å². The summed E-state index contributed by atoms with van der Waals surface area (Å²) in [6.07, 6.45) is 5.95. The Bertz CT molecular complexity index is 1100. The molecule has 6 nitrogen and oxygen atoms in total. The van der Waals surface area contributed by atoms with E-state index in [0.717, 1.165) is 47.4 Å². The fourth-order valence-electron chi connectivity index (χ4n) is 4.59. The third-order valence-electron chi connectivity index (χ3n) is 6.17. The molecule has 1 atom stereocenters. The number of furan rings is 1. The molecule has 4 heterocycles. The number of aromatic nitrogens is 3. The number of aromatic hydroxyl groups is 1. The van der Waals surface area contributed by atoms with Crippen molar-refractivity contribution in [2.75, 3.05) is 13.1 Å². The molecule has 30 heavy (non-hydrogen) atoms. The van der Waals surface area contributed by atoms with Crippen LogP contribution in [-0.4, -0.2) is 32.8 Å². The predicted octanol–water partition coefficient (Wildman–Crippen LogP) is 3.28. The Balaban J connectivity index is 1.38. The van der Waals surface area contributed by atoms with Crippen LogP contribution < -0.4 is 4.90 Å². The fraction of sp³-hybridized carbons (Fsp3) is 0.391. The molecule has 0 unspecified atom stereocenters. The van der Waals surface area contributed by atoms with Gasteiger partial charge in [-0.25, -0.2) is 4.98 Å². The zero-order chi connectivity index (χ0) is 20.5. The Morgan fingerprint density at radius 3 is 2.67 bits per heavy atom. The minimum atomic E-state index is -0.0312. The average molecular weight is 424 g/mol. The summed E-state index contributed by atoms with van der Waals surface area (Å²) in [6, 6.07) is 14.7. The normalized spacial score (nSPS) is 20.6. The smallest absolute Gasteiger partial charge is 0.235 e. The van der Waals surface area contributed by atoms with Crippen LogP contribution in [-0.2, 0) is 12.8 Å². The summed E-state index contributed by atoms with van der Waals surface area (Å²) >= 11 is 1.52. The number of hydrogen-bond donors (Lipinski definition) is 2. The first-order valence-electron chi connectivity index (χ1n) is 10.7. The Labute approximate surface area is 179 Å². The number of nitrogens with zero attached hydrogens (tertiary/aromatic N) is 3. The lowest BCUT2D eigenvalue weighted by atomic mass is 9.89. The number of nitrogens with one attached hydrogen (secondary N) is 1. The Morgan fingerprint density at radius 1 is 1.20 bits per heavy atom. The molecular formula is C23H27N4O2S+. The highest BCUT2D eigenvalue weighted by Crippen LogP contribution is 2.35. The summed E-state index contributed by atoms with van der Waals surface area (Å²) in [7, 11) is 0. The number of piperidine rings is 1. The van der Waals surface area contributed by atoms with E-state index in [1.54, 1.807) is 10.8 Å². The zero-order valence-electron chi connectivity index (χ0n) is 17.1. The van der Waals surface area contributed by atoms with Gasteiger partial charge in [0.1, 0.15) is 4.88 Å². The number of benzene rings is 1. The predicted molar refractivity (Wildman–Crippen MR) is 116 cm³/mol.